The van der Waals surface area contributed by atoms with E-state index in [1.54, 1.807) is 24.3 Å². The van der Waals surface area contributed by atoms with Gasteiger partial charge in [-0.25, -0.2) is 0 Å². The highest BCUT2D eigenvalue weighted by Crippen LogP contribution is 2.31. The van der Waals surface area contributed by atoms with Crippen LogP contribution in [0.2, 0.25) is 0 Å². The van der Waals surface area contributed by atoms with E-state index in [0.29, 0.717) is 22.9 Å². The first kappa shape index (κ1) is 13.3. The molecule has 0 aliphatic carbocycles. The van der Waals surface area contributed by atoms with Crippen molar-refractivity contribution in [1.29, 1.82) is 5.26 Å². The molecule has 3 rings (SSSR count). The molecule has 1 atom stereocenters. The minimum atomic E-state index is -0.710. The summed E-state index contributed by atoms with van der Waals surface area (Å²) in [6, 6.07) is 12.2. The maximum absolute atomic E-state index is 12.6. The normalized spacial score (nSPS) is 15.1. The van der Waals surface area contributed by atoms with Crippen LogP contribution in [-0.4, -0.2) is 22.8 Å². The van der Waals surface area contributed by atoms with Crippen molar-refractivity contribution in [2.45, 2.75) is 25.8 Å². The Morgan fingerprint density at radius 2 is 1.67 bits per heavy atom. The van der Waals surface area contributed by atoms with Gasteiger partial charge in [0, 0.05) is 16.5 Å². The number of rotatable bonds is 3. The Kier molecular flexibility index (Phi) is 3.19. The van der Waals surface area contributed by atoms with Crippen LogP contribution in [0.1, 0.15) is 40.5 Å². The minimum Gasteiger partial charge on any atom is -0.269 e. The molecule has 0 fully saturated rings. The van der Waals surface area contributed by atoms with Gasteiger partial charge in [0.05, 0.1) is 6.07 Å². The average molecular weight is 278 g/mol. The first-order chi connectivity index (χ1) is 10.2. The van der Waals surface area contributed by atoms with Gasteiger partial charge < -0.3 is 0 Å². The lowest BCUT2D eigenvalue weighted by atomic mass is 9.93. The minimum absolute atomic E-state index is 0.371. The molecule has 4 heteroatoms. The van der Waals surface area contributed by atoms with Gasteiger partial charge in [0.1, 0.15) is 6.04 Å². The van der Waals surface area contributed by atoms with Crippen LogP contribution in [0, 0.1) is 11.3 Å². The van der Waals surface area contributed by atoms with Gasteiger partial charge in [-0.15, -0.1) is 0 Å². The van der Waals surface area contributed by atoms with Crippen LogP contribution >= 0.6 is 0 Å². The second-order valence-corrected chi connectivity index (χ2v) is 5.12. The second-order valence-electron chi connectivity index (χ2n) is 5.12. The summed E-state index contributed by atoms with van der Waals surface area (Å²) in [5.41, 5.74) is 0.998. The van der Waals surface area contributed by atoms with E-state index in [0.717, 1.165) is 16.7 Å². The summed E-state index contributed by atoms with van der Waals surface area (Å²) >= 11 is 0. The molecule has 0 bridgehead atoms. The monoisotopic (exact) mass is 278 g/mol. The molecule has 1 heterocycles. The topological polar surface area (TPSA) is 61.2 Å². The largest absolute Gasteiger partial charge is 0.269 e. The molecule has 0 aromatic heterocycles. The Hall–Kier alpha value is -2.67. The second kappa shape index (κ2) is 5.02. The van der Waals surface area contributed by atoms with Gasteiger partial charge in [0.15, 0.2) is 0 Å². The summed E-state index contributed by atoms with van der Waals surface area (Å²) < 4.78 is 0. The number of benzene rings is 2. The number of nitrogens with zero attached hydrogens (tertiary/aromatic N) is 2. The van der Waals surface area contributed by atoms with Crippen LogP contribution in [0.4, 0.5) is 0 Å². The smallest absolute Gasteiger partial charge is 0.262 e. The predicted molar refractivity (Wildman–Crippen MR) is 78.8 cm³/mol. The zero-order chi connectivity index (χ0) is 15.0. The number of amides is 2. The van der Waals surface area contributed by atoms with Crippen LogP contribution in [0.5, 0.6) is 0 Å². The molecule has 0 radical (unpaired) electrons. The van der Waals surface area contributed by atoms with Gasteiger partial charge >= 0.3 is 0 Å². The molecule has 1 aliphatic rings. The lowest BCUT2D eigenvalue weighted by Gasteiger charge is -2.30. The van der Waals surface area contributed by atoms with Gasteiger partial charge in [0.2, 0.25) is 0 Å². The number of carbonyl (C=O) groups excluding carboxylic acids is 2. The van der Waals surface area contributed by atoms with E-state index in [2.05, 4.69) is 6.07 Å². The third kappa shape index (κ3) is 1.90. The molecular weight excluding hydrogens is 264 g/mol. The molecule has 2 aromatic rings. The molecule has 0 saturated carbocycles. The summed E-state index contributed by atoms with van der Waals surface area (Å²) in [5, 5.41) is 10.9. The number of nitriles is 1. The van der Waals surface area contributed by atoms with Crippen molar-refractivity contribution in [1.82, 2.24) is 4.90 Å². The summed E-state index contributed by atoms with van der Waals surface area (Å²) in [4.78, 5) is 26.4. The van der Waals surface area contributed by atoms with Gasteiger partial charge in [-0.1, -0.05) is 37.6 Å². The quantitative estimate of drug-likeness (QED) is 0.810. The van der Waals surface area contributed by atoms with Crippen molar-refractivity contribution in [3.63, 3.8) is 0 Å². The number of hydrogen-bond acceptors (Lipinski definition) is 3. The van der Waals surface area contributed by atoms with E-state index in [9.17, 15) is 14.9 Å². The highest BCUT2D eigenvalue weighted by molar-refractivity contribution is 6.25. The average Bonchev–Trinajstić information content (AvgIpc) is 2.51. The van der Waals surface area contributed by atoms with Crippen molar-refractivity contribution >= 4 is 22.6 Å². The summed E-state index contributed by atoms with van der Waals surface area (Å²) in [5.74, 6) is -0.742. The summed E-state index contributed by atoms with van der Waals surface area (Å²) in [7, 11) is 0. The third-order valence-electron chi connectivity index (χ3n) is 3.83. The van der Waals surface area contributed by atoms with Crippen LogP contribution in [0.15, 0.2) is 36.4 Å². The molecular formula is C17H14N2O2. The lowest BCUT2D eigenvalue weighted by Crippen LogP contribution is -2.46. The summed E-state index contributed by atoms with van der Waals surface area (Å²) in [6.45, 7) is 1.93. The maximum Gasteiger partial charge on any atom is 0.262 e. The lowest BCUT2D eigenvalue weighted by molar-refractivity contribution is 0.0568. The fraction of sp³-hybridized carbons (Fsp3) is 0.235. The number of carbonyl (C=O) groups is 2. The van der Waals surface area contributed by atoms with E-state index in [4.69, 9.17) is 0 Å². The molecule has 2 amide bonds. The Balaban J connectivity index is 2.22. The molecule has 21 heavy (non-hydrogen) atoms. The number of hydrogen-bond donors (Lipinski definition) is 0. The molecule has 0 saturated heterocycles. The highest BCUT2D eigenvalue weighted by Gasteiger charge is 2.36. The van der Waals surface area contributed by atoms with Crippen molar-refractivity contribution in [3.05, 3.63) is 47.5 Å². The fourth-order valence-corrected chi connectivity index (χ4v) is 2.86. The van der Waals surface area contributed by atoms with E-state index in [1.807, 2.05) is 19.1 Å². The van der Waals surface area contributed by atoms with Crippen molar-refractivity contribution < 1.29 is 9.59 Å². The molecule has 2 aromatic carbocycles. The zero-order valence-corrected chi connectivity index (χ0v) is 11.7. The standard InChI is InChI=1S/C17H14N2O2/c1-2-5-12(10-18)19-16(20)13-8-3-6-11-7-4-9-14(15(11)13)17(19)21/h3-4,6-9,12H,2,5H2,1H3. The van der Waals surface area contributed by atoms with E-state index < -0.39 is 6.04 Å². The molecule has 1 aliphatic heterocycles. The Morgan fingerprint density at radius 1 is 1.10 bits per heavy atom. The molecule has 4 nitrogen and oxygen atoms in total. The zero-order valence-electron chi connectivity index (χ0n) is 11.7. The molecule has 1 unspecified atom stereocenters. The van der Waals surface area contributed by atoms with Gasteiger partial charge in [0.25, 0.3) is 11.8 Å². The van der Waals surface area contributed by atoms with Crippen LogP contribution in [0.25, 0.3) is 10.8 Å². The predicted octanol–water partition coefficient (Wildman–Crippen LogP) is 3.13. The third-order valence-corrected chi connectivity index (χ3v) is 3.83. The first-order valence-corrected chi connectivity index (χ1v) is 6.98. The van der Waals surface area contributed by atoms with Crippen molar-refractivity contribution in [3.8, 4) is 6.07 Å². The highest BCUT2D eigenvalue weighted by atomic mass is 16.2. The summed E-state index contributed by atoms with van der Waals surface area (Å²) in [6.07, 6.45) is 1.23. The van der Waals surface area contributed by atoms with Crippen LogP contribution in [0.3, 0.4) is 0 Å². The Labute approximate surface area is 122 Å². The van der Waals surface area contributed by atoms with Gasteiger partial charge in [-0.05, 0) is 23.9 Å². The molecule has 104 valence electrons. The van der Waals surface area contributed by atoms with Gasteiger partial charge in [-0.2, -0.15) is 5.26 Å². The van der Waals surface area contributed by atoms with Crippen LogP contribution in [-0.2, 0) is 0 Å². The number of imide groups is 1. The van der Waals surface area contributed by atoms with E-state index >= 15 is 0 Å². The maximum atomic E-state index is 12.6. The van der Waals surface area contributed by atoms with E-state index in [1.165, 1.54) is 0 Å². The van der Waals surface area contributed by atoms with Crippen molar-refractivity contribution in [2.24, 2.45) is 0 Å². The SMILES string of the molecule is CCCC(C#N)N1C(=O)c2cccc3cccc(c23)C1=O. The Morgan fingerprint density at radius 3 is 2.14 bits per heavy atom. The van der Waals surface area contributed by atoms with Gasteiger partial charge in [-0.3, -0.25) is 14.5 Å². The Bertz CT molecular complexity index is 738. The fourth-order valence-electron chi connectivity index (χ4n) is 2.86. The van der Waals surface area contributed by atoms with Crippen molar-refractivity contribution in [2.75, 3.05) is 0 Å². The molecule has 0 spiro atoms. The van der Waals surface area contributed by atoms with Crippen LogP contribution < -0.4 is 0 Å². The first-order valence-electron chi connectivity index (χ1n) is 6.98. The van der Waals surface area contributed by atoms with E-state index in [-0.39, 0.29) is 11.8 Å². The molecule has 0 N–H and O–H groups in total.